The van der Waals surface area contributed by atoms with Crippen LogP contribution in [0.25, 0.3) is 0 Å². The SMILES string of the molecule is CCC(C)c1ccc(C(Cl)c2ccc(Br)o2)cc1. The molecular formula is C15H16BrClO. The van der Waals surface area contributed by atoms with E-state index in [9.17, 15) is 0 Å². The highest BCUT2D eigenvalue weighted by Crippen LogP contribution is 2.32. The molecule has 0 spiro atoms. The predicted octanol–water partition coefficient (Wildman–Crippen LogP) is 5.88. The molecule has 1 heterocycles. The van der Waals surface area contributed by atoms with Gasteiger partial charge < -0.3 is 4.42 Å². The summed E-state index contributed by atoms with van der Waals surface area (Å²) in [5.74, 6) is 1.35. The van der Waals surface area contributed by atoms with Gasteiger partial charge in [0.15, 0.2) is 4.67 Å². The summed E-state index contributed by atoms with van der Waals surface area (Å²) in [5, 5.41) is -0.234. The minimum Gasteiger partial charge on any atom is -0.452 e. The molecule has 1 aromatic carbocycles. The maximum Gasteiger partial charge on any atom is 0.169 e. The van der Waals surface area contributed by atoms with Crippen LogP contribution < -0.4 is 0 Å². The average Bonchev–Trinajstić information content (AvgIpc) is 2.84. The Morgan fingerprint density at radius 3 is 2.22 bits per heavy atom. The first-order chi connectivity index (χ1) is 8.61. The van der Waals surface area contributed by atoms with Gasteiger partial charge in [0.1, 0.15) is 11.1 Å². The lowest BCUT2D eigenvalue weighted by Crippen LogP contribution is -1.94. The lowest BCUT2D eigenvalue weighted by atomic mass is 9.97. The van der Waals surface area contributed by atoms with Gasteiger partial charge in [0.2, 0.25) is 0 Å². The Bertz CT molecular complexity index is 503. The highest BCUT2D eigenvalue weighted by atomic mass is 79.9. The molecule has 0 N–H and O–H groups in total. The molecule has 0 bridgehead atoms. The molecule has 1 nitrogen and oxygen atoms in total. The summed E-state index contributed by atoms with van der Waals surface area (Å²) >= 11 is 9.68. The van der Waals surface area contributed by atoms with Gasteiger partial charge in [0.05, 0.1) is 0 Å². The van der Waals surface area contributed by atoms with Crippen LogP contribution in [0.3, 0.4) is 0 Å². The topological polar surface area (TPSA) is 13.1 Å². The standard InChI is InChI=1S/C15H16BrClO/c1-3-10(2)11-4-6-12(7-5-11)15(17)13-8-9-14(16)18-13/h4-10,15H,3H2,1-2H3. The predicted molar refractivity (Wildman–Crippen MR) is 79.3 cm³/mol. The van der Waals surface area contributed by atoms with Crippen LogP contribution in [0, 0.1) is 0 Å². The van der Waals surface area contributed by atoms with Crippen LogP contribution >= 0.6 is 27.5 Å². The fourth-order valence-electron chi connectivity index (χ4n) is 1.86. The first-order valence-corrected chi connectivity index (χ1v) is 7.34. The van der Waals surface area contributed by atoms with Gasteiger partial charge in [0, 0.05) is 0 Å². The third-order valence-electron chi connectivity index (χ3n) is 3.25. The average molecular weight is 328 g/mol. The molecule has 96 valence electrons. The van der Waals surface area contributed by atoms with E-state index in [0.29, 0.717) is 10.6 Å². The molecule has 0 saturated heterocycles. The molecule has 0 aliphatic rings. The molecule has 2 aromatic rings. The number of alkyl halides is 1. The zero-order valence-electron chi connectivity index (χ0n) is 10.5. The third-order valence-corrected chi connectivity index (χ3v) is 4.15. The Morgan fingerprint density at radius 1 is 1.11 bits per heavy atom. The summed E-state index contributed by atoms with van der Waals surface area (Å²) < 4.78 is 6.19. The summed E-state index contributed by atoms with van der Waals surface area (Å²) in [6.07, 6.45) is 1.15. The molecule has 0 fully saturated rings. The van der Waals surface area contributed by atoms with E-state index >= 15 is 0 Å². The molecule has 0 aliphatic carbocycles. The number of benzene rings is 1. The second-order valence-electron chi connectivity index (χ2n) is 4.48. The second kappa shape index (κ2) is 5.94. The van der Waals surface area contributed by atoms with Crippen LogP contribution in [0.15, 0.2) is 45.5 Å². The molecule has 2 unspecified atom stereocenters. The largest absolute Gasteiger partial charge is 0.452 e. The molecule has 1 aromatic heterocycles. The van der Waals surface area contributed by atoms with Crippen molar-refractivity contribution in [3.05, 3.63) is 58.0 Å². The van der Waals surface area contributed by atoms with Gasteiger partial charge in [-0.05, 0) is 51.5 Å². The molecule has 2 rings (SSSR count). The van der Waals surface area contributed by atoms with Crippen molar-refractivity contribution in [1.82, 2.24) is 0 Å². The Labute approximate surface area is 121 Å². The van der Waals surface area contributed by atoms with Crippen molar-refractivity contribution in [3.8, 4) is 0 Å². The van der Waals surface area contributed by atoms with Crippen LogP contribution in [-0.2, 0) is 0 Å². The second-order valence-corrected chi connectivity index (χ2v) is 5.70. The molecule has 0 saturated carbocycles. The Morgan fingerprint density at radius 2 is 1.72 bits per heavy atom. The number of furan rings is 1. The smallest absolute Gasteiger partial charge is 0.169 e. The van der Waals surface area contributed by atoms with Gasteiger partial charge in [-0.2, -0.15) is 0 Å². The van der Waals surface area contributed by atoms with E-state index in [1.165, 1.54) is 5.56 Å². The van der Waals surface area contributed by atoms with Gasteiger partial charge in [-0.1, -0.05) is 38.1 Å². The minimum atomic E-state index is -0.234. The fourth-order valence-corrected chi connectivity index (χ4v) is 2.44. The van der Waals surface area contributed by atoms with Crippen LogP contribution in [0.2, 0.25) is 0 Å². The van der Waals surface area contributed by atoms with Crippen LogP contribution in [-0.4, -0.2) is 0 Å². The van der Waals surface area contributed by atoms with Gasteiger partial charge in [-0.3, -0.25) is 0 Å². The van der Waals surface area contributed by atoms with Gasteiger partial charge in [-0.25, -0.2) is 0 Å². The molecule has 0 radical (unpaired) electrons. The lowest BCUT2D eigenvalue weighted by Gasteiger charge is -2.11. The Balaban J connectivity index is 2.19. The quantitative estimate of drug-likeness (QED) is 0.639. The molecule has 0 amide bonds. The Hall–Kier alpha value is -0.730. The van der Waals surface area contributed by atoms with Crippen molar-refractivity contribution in [2.75, 3.05) is 0 Å². The van der Waals surface area contributed by atoms with Crippen molar-refractivity contribution in [3.63, 3.8) is 0 Å². The molecular weight excluding hydrogens is 312 g/mol. The van der Waals surface area contributed by atoms with E-state index in [-0.39, 0.29) is 5.38 Å². The van der Waals surface area contributed by atoms with Crippen molar-refractivity contribution < 1.29 is 4.42 Å². The van der Waals surface area contributed by atoms with E-state index in [4.69, 9.17) is 16.0 Å². The van der Waals surface area contributed by atoms with Crippen molar-refractivity contribution in [1.29, 1.82) is 0 Å². The van der Waals surface area contributed by atoms with Crippen LogP contribution in [0.4, 0.5) is 0 Å². The van der Waals surface area contributed by atoms with E-state index in [2.05, 4.69) is 54.0 Å². The molecule has 0 aliphatic heterocycles. The maximum absolute atomic E-state index is 6.40. The van der Waals surface area contributed by atoms with Crippen molar-refractivity contribution in [2.45, 2.75) is 31.6 Å². The first kappa shape index (κ1) is 13.7. The van der Waals surface area contributed by atoms with Crippen molar-refractivity contribution in [2.24, 2.45) is 0 Å². The highest BCUT2D eigenvalue weighted by molar-refractivity contribution is 9.10. The van der Waals surface area contributed by atoms with Gasteiger partial charge >= 0.3 is 0 Å². The molecule has 18 heavy (non-hydrogen) atoms. The number of hydrogen-bond acceptors (Lipinski definition) is 1. The minimum absolute atomic E-state index is 0.234. The van der Waals surface area contributed by atoms with Crippen LogP contribution in [0.5, 0.6) is 0 Å². The summed E-state index contributed by atoms with van der Waals surface area (Å²) in [4.78, 5) is 0. The maximum atomic E-state index is 6.40. The normalized spacial score (nSPS) is 14.4. The van der Waals surface area contributed by atoms with Gasteiger partial charge in [0.25, 0.3) is 0 Å². The van der Waals surface area contributed by atoms with E-state index in [1.54, 1.807) is 0 Å². The van der Waals surface area contributed by atoms with Crippen molar-refractivity contribution >= 4 is 27.5 Å². The van der Waals surface area contributed by atoms with E-state index < -0.39 is 0 Å². The fraction of sp³-hybridized carbons (Fsp3) is 0.333. The van der Waals surface area contributed by atoms with E-state index in [1.807, 2.05) is 12.1 Å². The number of halogens is 2. The molecule has 2 atom stereocenters. The number of hydrogen-bond donors (Lipinski definition) is 0. The lowest BCUT2D eigenvalue weighted by molar-refractivity contribution is 0.494. The first-order valence-electron chi connectivity index (χ1n) is 6.11. The summed E-state index contributed by atoms with van der Waals surface area (Å²) in [7, 11) is 0. The molecule has 3 heteroatoms. The summed E-state index contributed by atoms with van der Waals surface area (Å²) in [5.41, 5.74) is 2.41. The monoisotopic (exact) mass is 326 g/mol. The zero-order valence-corrected chi connectivity index (χ0v) is 12.8. The third kappa shape index (κ3) is 2.99. The van der Waals surface area contributed by atoms with Crippen LogP contribution in [0.1, 0.15) is 48.5 Å². The van der Waals surface area contributed by atoms with Gasteiger partial charge in [-0.15, -0.1) is 11.6 Å². The Kier molecular flexibility index (Phi) is 4.52. The van der Waals surface area contributed by atoms with E-state index in [0.717, 1.165) is 17.7 Å². The zero-order chi connectivity index (χ0) is 13.1. The number of rotatable bonds is 4. The highest BCUT2D eigenvalue weighted by Gasteiger charge is 2.15. The summed E-state index contributed by atoms with van der Waals surface area (Å²) in [6, 6.07) is 12.2. The summed E-state index contributed by atoms with van der Waals surface area (Å²) in [6.45, 7) is 4.43.